The van der Waals surface area contributed by atoms with Crippen LogP contribution in [0.1, 0.15) is 38.8 Å². The molecule has 34 heavy (non-hydrogen) atoms. The van der Waals surface area contributed by atoms with Crippen molar-refractivity contribution in [3.63, 3.8) is 0 Å². The van der Waals surface area contributed by atoms with Gasteiger partial charge in [0, 0.05) is 6.54 Å². The highest BCUT2D eigenvalue weighted by molar-refractivity contribution is 7.98. The second-order valence-corrected chi connectivity index (χ2v) is 9.35. The topological polar surface area (TPSA) is 114 Å². The number of thioether (sulfide) groups is 1. The van der Waals surface area contributed by atoms with E-state index in [4.69, 9.17) is 4.74 Å². The molecule has 1 aromatic carbocycles. The van der Waals surface area contributed by atoms with Gasteiger partial charge in [-0.1, -0.05) is 36.4 Å². The van der Waals surface area contributed by atoms with Crippen LogP contribution in [0, 0.1) is 0 Å². The molecule has 0 aliphatic heterocycles. The summed E-state index contributed by atoms with van der Waals surface area (Å²) in [6.45, 7) is 8.60. The van der Waals surface area contributed by atoms with Crippen molar-refractivity contribution in [3.05, 3.63) is 48.6 Å². The number of hydrogen-bond donors (Lipinski definition) is 2. The van der Waals surface area contributed by atoms with Gasteiger partial charge in [0.25, 0.3) is 0 Å². The van der Waals surface area contributed by atoms with E-state index in [0.29, 0.717) is 17.7 Å². The number of nitrogens with one attached hydrogen (secondary N) is 2. The van der Waals surface area contributed by atoms with Crippen LogP contribution in [0.25, 0.3) is 0 Å². The van der Waals surface area contributed by atoms with Gasteiger partial charge in [-0.25, -0.2) is 4.79 Å². The van der Waals surface area contributed by atoms with Gasteiger partial charge >= 0.3 is 12.1 Å². The number of ether oxygens (including phenoxy) is 2. The second kappa shape index (κ2) is 14.3. The number of rotatable bonds is 12. The van der Waals surface area contributed by atoms with Crippen LogP contribution in [0.5, 0.6) is 0 Å². The van der Waals surface area contributed by atoms with Gasteiger partial charge in [-0.3, -0.25) is 14.4 Å². The van der Waals surface area contributed by atoms with Crippen molar-refractivity contribution >= 4 is 35.6 Å². The lowest BCUT2D eigenvalue weighted by Gasteiger charge is -2.33. The number of alkyl carbamates (subject to hydrolysis) is 1. The molecular formula is C24H35N3O6S. The summed E-state index contributed by atoms with van der Waals surface area (Å²) in [5.74, 6) is -1.06. The van der Waals surface area contributed by atoms with E-state index in [0.717, 1.165) is 0 Å². The molecule has 0 aliphatic rings. The van der Waals surface area contributed by atoms with Gasteiger partial charge < -0.3 is 25.0 Å². The minimum atomic E-state index is -1.06. The van der Waals surface area contributed by atoms with Crippen LogP contribution in [0.3, 0.4) is 0 Å². The lowest BCUT2D eigenvalue weighted by molar-refractivity contribution is -0.144. The Bertz CT molecular complexity index is 841. The maximum atomic E-state index is 13.7. The van der Waals surface area contributed by atoms with Gasteiger partial charge in [0.15, 0.2) is 0 Å². The summed E-state index contributed by atoms with van der Waals surface area (Å²) in [4.78, 5) is 52.2. The number of esters is 1. The normalized spacial score (nSPS) is 12.6. The van der Waals surface area contributed by atoms with Crippen LogP contribution >= 0.6 is 11.8 Å². The van der Waals surface area contributed by atoms with Crippen molar-refractivity contribution in [1.29, 1.82) is 0 Å². The van der Waals surface area contributed by atoms with Gasteiger partial charge in [-0.15, -0.1) is 6.58 Å². The molecule has 0 radical (unpaired) electrons. The quantitative estimate of drug-likeness (QED) is 0.340. The summed E-state index contributed by atoms with van der Waals surface area (Å²) in [7, 11) is 1.22. The SMILES string of the molecule is C=CCN(C(=O)C(CCSC)NC(=O)OC(C)(C)C)C(C(=O)NCC(=O)OC)c1ccccc1. The van der Waals surface area contributed by atoms with Crippen LogP contribution in [0.4, 0.5) is 4.79 Å². The standard InChI is InChI=1S/C24H35N3O6S/c1-7-14-27(22(30)18(13-15-34-6)26-23(31)33-24(2,3)4)20(17-11-9-8-10-12-17)21(29)25-16-19(28)32-5/h7-12,18,20H,1,13-16H2,2-6H3,(H,25,29)(H,26,31). The van der Waals surface area contributed by atoms with Crippen LogP contribution in [-0.4, -0.2) is 72.6 Å². The molecule has 2 unspecified atom stereocenters. The fourth-order valence-electron chi connectivity index (χ4n) is 3.04. The molecule has 0 saturated carbocycles. The first-order valence-corrected chi connectivity index (χ1v) is 12.2. The summed E-state index contributed by atoms with van der Waals surface area (Å²) in [5.41, 5.74) is -0.195. The molecule has 188 valence electrons. The molecule has 0 aliphatic carbocycles. The van der Waals surface area contributed by atoms with Gasteiger partial charge in [0.1, 0.15) is 24.2 Å². The van der Waals surface area contributed by atoms with E-state index < -0.39 is 41.6 Å². The van der Waals surface area contributed by atoms with E-state index in [1.54, 1.807) is 51.1 Å². The molecule has 0 bridgehead atoms. The smallest absolute Gasteiger partial charge is 0.408 e. The first kappa shape index (κ1) is 29.0. The molecular weight excluding hydrogens is 458 g/mol. The summed E-state index contributed by atoms with van der Waals surface area (Å²) < 4.78 is 9.92. The third-order valence-corrected chi connectivity index (χ3v) is 5.16. The summed E-state index contributed by atoms with van der Waals surface area (Å²) in [5, 5.41) is 5.17. The van der Waals surface area contributed by atoms with Gasteiger partial charge in [0.2, 0.25) is 11.8 Å². The maximum absolute atomic E-state index is 13.7. The van der Waals surface area contributed by atoms with E-state index >= 15 is 0 Å². The molecule has 2 N–H and O–H groups in total. The van der Waals surface area contributed by atoms with Crippen molar-refractivity contribution in [3.8, 4) is 0 Å². The third-order valence-electron chi connectivity index (χ3n) is 4.52. The summed E-state index contributed by atoms with van der Waals surface area (Å²) >= 11 is 1.52. The van der Waals surface area contributed by atoms with E-state index in [1.165, 1.54) is 29.8 Å². The molecule has 0 heterocycles. The van der Waals surface area contributed by atoms with Crippen LogP contribution in [0.15, 0.2) is 43.0 Å². The lowest BCUT2D eigenvalue weighted by Crippen LogP contribution is -2.53. The molecule has 0 saturated heterocycles. The summed E-state index contributed by atoms with van der Waals surface area (Å²) in [6, 6.07) is 6.72. The average molecular weight is 494 g/mol. The molecule has 0 spiro atoms. The minimum absolute atomic E-state index is 0.0375. The number of benzene rings is 1. The Labute approximate surface area is 205 Å². The van der Waals surface area contributed by atoms with E-state index in [9.17, 15) is 19.2 Å². The lowest BCUT2D eigenvalue weighted by atomic mass is 10.0. The van der Waals surface area contributed by atoms with Crippen LogP contribution in [0.2, 0.25) is 0 Å². The molecule has 10 heteroatoms. The second-order valence-electron chi connectivity index (χ2n) is 8.37. The van der Waals surface area contributed by atoms with E-state index in [1.807, 2.05) is 6.26 Å². The Hall–Kier alpha value is -3.01. The number of nitrogens with zero attached hydrogens (tertiary/aromatic N) is 1. The maximum Gasteiger partial charge on any atom is 0.408 e. The number of carbonyl (C=O) groups is 4. The number of amides is 3. The fraction of sp³-hybridized carbons (Fsp3) is 0.500. The zero-order valence-electron chi connectivity index (χ0n) is 20.5. The molecule has 3 amide bonds. The zero-order valence-corrected chi connectivity index (χ0v) is 21.3. The highest BCUT2D eigenvalue weighted by Gasteiger charge is 2.35. The zero-order chi connectivity index (χ0) is 25.7. The first-order valence-electron chi connectivity index (χ1n) is 10.8. The average Bonchev–Trinajstić information content (AvgIpc) is 2.78. The molecule has 0 aromatic heterocycles. The minimum Gasteiger partial charge on any atom is -0.468 e. The van der Waals surface area contributed by atoms with Crippen LogP contribution < -0.4 is 10.6 Å². The predicted molar refractivity (Wildman–Crippen MR) is 132 cm³/mol. The van der Waals surface area contributed by atoms with Crippen molar-refractivity contribution < 1.29 is 28.7 Å². The molecule has 1 rings (SSSR count). The third kappa shape index (κ3) is 9.86. The van der Waals surface area contributed by atoms with Gasteiger partial charge in [-0.2, -0.15) is 11.8 Å². The molecule has 9 nitrogen and oxygen atoms in total. The largest absolute Gasteiger partial charge is 0.468 e. The highest BCUT2D eigenvalue weighted by atomic mass is 32.2. The molecule has 2 atom stereocenters. The van der Waals surface area contributed by atoms with E-state index in [2.05, 4.69) is 21.9 Å². The van der Waals surface area contributed by atoms with Crippen molar-refractivity contribution in [2.45, 2.75) is 44.9 Å². The Balaban J connectivity index is 3.31. The van der Waals surface area contributed by atoms with E-state index in [-0.39, 0.29) is 13.1 Å². The highest BCUT2D eigenvalue weighted by Crippen LogP contribution is 2.23. The number of methoxy groups -OCH3 is 1. The Morgan fingerprint density at radius 3 is 2.35 bits per heavy atom. The van der Waals surface area contributed by atoms with Crippen molar-refractivity contribution in [2.24, 2.45) is 0 Å². The Morgan fingerprint density at radius 2 is 1.82 bits per heavy atom. The van der Waals surface area contributed by atoms with Crippen molar-refractivity contribution in [1.82, 2.24) is 15.5 Å². The van der Waals surface area contributed by atoms with Crippen LogP contribution in [-0.2, 0) is 23.9 Å². The number of carbonyl (C=O) groups excluding carboxylic acids is 4. The van der Waals surface area contributed by atoms with Gasteiger partial charge in [-0.05, 0) is 44.8 Å². The Morgan fingerprint density at radius 1 is 1.18 bits per heavy atom. The summed E-state index contributed by atoms with van der Waals surface area (Å²) in [6.07, 6.45) is 3.00. The number of hydrogen-bond acceptors (Lipinski definition) is 7. The molecule has 0 fully saturated rings. The predicted octanol–water partition coefficient (Wildman–Crippen LogP) is 2.68. The van der Waals surface area contributed by atoms with Gasteiger partial charge in [0.05, 0.1) is 7.11 Å². The van der Waals surface area contributed by atoms with Crippen molar-refractivity contribution in [2.75, 3.05) is 32.2 Å². The monoisotopic (exact) mass is 493 g/mol. The Kier molecular flexibility index (Phi) is 12.2. The molecule has 1 aromatic rings. The fourth-order valence-corrected chi connectivity index (χ4v) is 3.51. The first-order chi connectivity index (χ1) is 16.0.